The fourth-order valence-corrected chi connectivity index (χ4v) is 3.62. The van der Waals surface area contributed by atoms with Crippen molar-refractivity contribution in [1.82, 2.24) is 5.01 Å². The van der Waals surface area contributed by atoms with E-state index in [1.807, 2.05) is 24.3 Å². The molecule has 0 saturated carbocycles. The number of fused-ring (bicyclic) bond motifs is 1. The maximum atomic E-state index is 12.9. The first-order chi connectivity index (χ1) is 14.3. The molecule has 2 aliphatic heterocycles. The summed E-state index contributed by atoms with van der Waals surface area (Å²) in [6, 6.07) is 12.1. The molecule has 0 spiro atoms. The average Bonchev–Trinajstić information content (AvgIpc) is 3.23. The van der Waals surface area contributed by atoms with E-state index >= 15 is 0 Å². The lowest BCUT2D eigenvalue weighted by Gasteiger charge is -2.20. The van der Waals surface area contributed by atoms with Gasteiger partial charge in [0.1, 0.15) is 6.54 Å². The van der Waals surface area contributed by atoms with Crippen LogP contribution in [0.4, 0.5) is 11.4 Å². The van der Waals surface area contributed by atoms with Crippen LogP contribution in [0, 0.1) is 0 Å². The number of nitrogens with zero attached hydrogens (tertiary/aromatic N) is 4. The van der Waals surface area contributed by atoms with Crippen LogP contribution < -0.4 is 10.2 Å². The molecular weight excluding hydrogens is 406 g/mol. The summed E-state index contributed by atoms with van der Waals surface area (Å²) in [6.07, 6.45) is 0. The number of anilines is 2. The summed E-state index contributed by atoms with van der Waals surface area (Å²) < 4.78 is 0. The van der Waals surface area contributed by atoms with Gasteiger partial charge in [0.25, 0.3) is 11.8 Å². The Labute approximate surface area is 178 Å². The van der Waals surface area contributed by atoms with Crippen molar-refractivity contribution in [3.8, 4) is 0 Å². The van der Waals surface area contributed by atoms with Gasteiger partial charge in [-0.1, -0.05) is 42.8 Å². The number of nitrogens with one attached hydrogen (secondary N) is 1. The van der Waals surface area contributed by atoms with Crippen LogP contribution in [0.25, 0.3) is 0 Å². The van der Waals surface area contributed by atoms with Gasteiger partial charge in [-0.25, -0.2) is 4.90 Å². The number of carbonyl (C=O) groups is 3. The van der Waals surface area contributed by atoms with E-state index in [2.05, 4.69) is 29.5 Å². The Morgan fingerprint density at radius 1 is 1.07 bits per heavy atom. The molecule has 8 nitrogen and oxygen atoms in total. The summed E-state index contributed by atoms with van der Waals surface area (Å²) >= 11 is 5.88. The zero-order valence-corrected chi connectivity index (χ0v) is 17.2. The van der Waals surface area contributed by atoms with E-state index in [-0.39, 0.29) is 12.5 Å². The van der Waals surface area contributed by atoms with Crippen molar-refractivity contribution in [2.45, 2.75) is 31.8 Å². The van der Waals surface area contributed by atoms with Crippen molar-refractivity contribution < 1.29 is 14.4 Å². The quantitative estimate of drug-likeness (QED) is 0.743. The highest BCUT2D eigenvalue weighted by molar-refractivity contribution is 6.31. The number of imide groups is 1. The molecule has 2 unspecified atom stereocenters. The number of benzene rings is 2. The SMILES string of the molecule is CC(C)c1ccc(NC(=O)CN2N=NC3C(=O)N(c4ccc(Cl)cc4)C(=O)C32)cc1. The number of amides is 3. The lowest BCUT2D eigenvalue weighted by atomic mass is 10.0. The maximum Gasteiger partial charge on any atom is 0.263 e. The molecule has 0 aliphatic carbocycles. The lowest BCUT2D eigenvalue weighted by Crippen LogP contribution is -2.43. The third-order valence-corrected chi connectivity index (χ3v) is 5.36. The summed E-state index contributed by atoms with van der Waals surface area (Å²) in [5, 5.41) is 12.4. The van der Waals surface area contributed by atoms with E-state index in [9.17, 15) is 14.4 Å². The minimum Gasteiger partial charge on any atom is -0.324 e. The maximum absolute atomic E-state index is 12.9. The molecule has 2 aliphatic rings. The molecule has 2 atom stereocenters. The van der Waals surface area contributed by atoms with Gasteiger partial charge in [0, 0.05) is 10.7 Å². The first kappa shape index (κ1) is 20.0. The van der Waals surface area contributed by atoms with Gasteiger partial charge in [-0.05, 0) is 47.9 Å². The second-order valence-electron chi connectivity index (χ2n) is 7.51. The number of hydrogen-bond donors (Lipinski definition) is 1. The van der Waals surface area contributed by atoms with Crippen molar-refractivity contribution in [3.63, 3.8) is 0 Å². The molecule has 1 saturated heterocycles. The van der Waals surface area contributed by atoms with Crippen molar-refractivity contribution in [1.29, 1.82) is 0 Å². The number of hydrogen-bond acceptors (Lipinski definition) is 6. The van der Waals surface area contributed by atoms with E-state index in [0.29, 0.717) is 22.3 Å². The highest BCUT2D eigenvalue weighted by atomic mass is 35.5. The number of halogens is 1. The monoisotopic (exact) mass is 425 g/mol. The summed E-state index contributed by atoms with van der Waals surface area (Å²) in [6.45, 7) is 4.00. The Morgan fingerprint density at radius 2 is 1.73 bits per heavy atom. The zero-order chi connectivity index (χ0) is 21.4. The number of rotatable bonds is 5. The molecule has 2 aromatic rings. The van der Waals surface area contributed by atoms with E-state index in [1.165, 1.54) is 10.6 Å². The van der Waals surface area contributed by atoms with Gasteiger partial charge >= 0.3 is 0 Å². The largest absolute Gasteiger partial charge is 0.324 e. The van der Waals surface area contributed by atoms with Crippen LogP contribution >= 0.6 is 11.6 Å². The predicted molar refractivity (Wildman–Crippen MR) is 112 cm³/mol. The van der Waals surface area contributed by atoms with Crippen LogP contribution in [0.2, 0.25) is 5.02 Å². The smallest absolute Gasteiger partial charge is 0.263 e. The Bertz CT molecular complexity index is 1020. The molecular formula is C21H20ClN5O3. The van der Waals surface area contributed by atoms with Gasteiger partial charge in [0.05, 0.1) is 5.69 Å². The summed E-state index contributed by atoms with van der Waals surface area (Å²) in [5.74, 6) is -0.891. The predicted octanol–water partition coefficient (Wildman–Crippen LogP) is 3.40. The molecule has 0 radical (unpaired) electrons. The molecule has 154 valence electrons. The van der Waals surface area contributed by atoms with Gasteiger partial charge in [-0.2, -0.15) is 5.11 Å². The topological polar surface area (TPSA) is 94.4 Å². The van der Waals surface area contributed by atoms with Crippen LogP contribution in [-0.2, 0) is 14.4 Å². The van der Waals surface area contributed by atoms with E-state index in [1.54, 1.807) is 24.3 Å². The third kappa shape index (κ3) is 3.66. The third-order valence-electron chi connectivity index (χ3n) is 5.11. The molecule has 3 amide bonds. The van der Waals surface area contributed by atoms with Gasteiger partial charge in [-0.3, -0.25) is 19.4 Å². The Hall–Kier alpha value is -3.26. The van der Waals surface area contributed by atoms with Crippen LogP contribution in [-0.4, -0.2) is 41.4 Å². The standard InChI is InChI=1S/C21H20ClN5O3/c1-12(2)13-3-7-15(8-4-13)23-17(28)11-26-19-18(24-25-26)20(29)27(21(19)30)16-9-5-14(22)6-10-16/h3-10,12,18-19H,11H2,1-2H3,(H,23,28). The van der Waals surface area contributed by atoms with E-state index in [4.69, 9.17) is 11.6 Å². The van der Waals surface area contributed by atoms with Gasteiger partial charge < -0.3 is 5.32 Å². The first-order valence-corrected chi connectivity index (χ1v) is 9.93. The van der Waals surface area contributed by atoms with Crippen LogP contribution in [0.15, 0.2) is 58.9 Å². The molecule has 1 fully saturated rings. The van der Waals surface area contributed by atoms with E-state index < -0.39 is 23.9 Å². The Balaban J connectivity index is 1.44. The van der Waals surface area contributed by atoms with Gasteiger partial charge in [0.15, 0.2) is 12.1 Å². The fraction of sp³-hybridized carbons (Fsp3) is 0.286. The van der Waals surface area contributed by atoms with Crippen molar-refractivity contribution in [3.05, 3.63) is 59.1 Å². The summed E-state index contributed by atoms with van der Waals surface area (Å²) in [4.78, 5) is 39.1. The molecule has 0 aromatic heterocycles. The molecule has 1 N–H and O–H groups in total. The Morgan fingerprint density at radius 3 is 2.37 bits per heavy atom. The second-order valence-corrected chi connectivity index (χ2v) is 7.94. The molecule has 2 aromatic carbocycles. The summed E-state index contributed by atoms with van der Waals surface area (Å²) in [5.41, 5.74) is 2.23. The lowest BCUT2D eigenvalue weighted by molar-refractivity contribution is -0.123. The average molecular weight is 426 g/mol. The van der Waals surface area contributed by atoms with E-state index in [0.717, 1.165) is 4.90 Å². The molecule has 30 heavy (non-hydrogen) atoms. The van der Waals surface area contributed by atoms with Crippen molar-refractivity contribution in [2.24, 2.45) is 10.3 Å². The van der Waals surface area contributed by atoms with Gasteiger partial charge in [-0.15, -0.1) is 0 Å². The number of carbonyl (C=O) groups excluding carboxylic acids is 3. The molecule has 2 heterocycles. The molecule has 4 rings (SSSR count). The minimum atomic E-state index is -0.952. The van der Waals surface area contributed by atoms with Crippen molar-refractivity contribution >= 4 is 40.7 Å². The molecule has 9 heteroatoms. The normalized spacial score (nSPS) is 20.3. The molecule has 0 bridgehead atoms. The first-order valence-electron chi connectivity index (χ1n) is 9.56. The highest BCUT2D eigenvalue weighted by Gasteiger charge is 2.55. The van der Waals surface area contributed by atoms with Crippen molar-refractivity contribution in [2.75, 3.05) is 16.8 Å². The van der Waals surface area contributed by atoms with Crippen LogP contribution in [0.5, 0.6) is 0 Å². The zero-order valence-electron chi connectivity index (χ0n) is 16.4. The summed E-state index contributed by atoms with van der Waals surface area (Å²) in [7, 11) is 0. The van der Waals surface area contributed by atoms with Crippen LogP contribution in [0.3, 0.4) is 0 Å². The van der Waals surface area contributed by atoms with Crippen LogP contribution in [0.1, 0.15) is 25.3 Å². The Kier molecular flexibility index (Phi) is 5.26. The van der Waals surface area contributed by atoms with Gasteiger partial charge in [0.2, 0.25) is 5.91 Å². The second kappa shape index (κ2) is 7.87. The highest BCUT2D eigenvalue weighted by Crippen LogP contribution is 2.32. The minimum absolute atomic E-state index is 0.190. The fourth-order valence-electron chi connectivity index (χ4n) is 3.50.